The molecule has 0 radical (unpaired) electrons. The Kier molecular flexibility index (Phi) is 6.09. The highest BCUT2D eigenvalue weighted by Crippen LogP contribution is 2.32. The highest BCUT2D eigenvalue weighted by molar-refractivity contribution is 6.30. The van der Waals surface area contributed by atoms with Crippen LogP contribution < -0.4 is 26.2 Å². The number of rotatable bonds is 6. The first-order chi connectivity index (χ1) is 15.4. The van der Waals surface area contributed by atoms with E-state index in [1.54, 1.807) is 48.5 Å². The monoisotopic (exact) mass is 453 g/mol. The Hall–Kier alpha value is -3.85. The van der Waals surface area contributed by atoms with Crippen LogP contribution >= 0.6 is 11.6 Å². The number of anilines is 4. The molecule has 164 valence electrons. The number of aromatic nitrogens is 2. The minimum absolute atomic E-state index is 0.0350. The van der Waals surface area contributed by atoms with Crippen LogP contribution in [0.4, 0.5) is 23.1 Å². The molecule has 0 saturated carbocycles. The van der Waals surface area contributed by atoms with Gasteiger partial charge in [0, 0.05) is 17.1 Å². The number of nitrogens with one attached hydrogen (secondary N) is 4. The Bertz CT molecular complexity index is 1240. The van der Waals surface area contributed by atoms with Gasteiger partial charge < -0.3 is 20.7 Å². The second-order valence-electron chi connectivity index (χ2n) is 7.04. The van der Waals surface area contributed by atoms with Crippen molar-refractivity contribution in [3.05, 3.63) is 69.5 Å². The molecule has 4 N–H and O–H groups in total. The van der Waals surface area contributed by atoms with Gasteiger partial charge in [0.05, 0.1) is 23.8 Å². The summed E-state index contributed by atoms with van der Waals surface area (Å²) in [5.41, 5.74) is 0.616. The molecular weight excluding hydrogens is 434 g/mol. The maximum absolute atomic E-state index is 13.0. The third kappa shape index (κ3) is 4.57. The van der Waals surface area contributed by atoms with Gasteiger partial charge in [-0.3, -0.25) is 19.4 Å². The predicted octanol–water partition coefficient (Wildman–Crippen LogP) is 3.63. The minimum Gasteiger partial charge on any atom is -0.492 e. The molecule has 3 aromatic rings. The van der Waals surface area contributed by atoms with E-state index >= 15 is 0 Å². The molecule has 0 fully saturated rings. The Morgan fingerprint density at radius 3 is 2.81 bits per heavy atom. The number of para-hydroxylation sites is 2. The molecule has 1 aromatic heterocycles. The second-order valence-corrected chi connectivity index (χ2v) is 7.47. The summed E-state index contributed by atoms with van der Waals surface area (Å²) in [4.78, 5) is 45.1. The molecule has 0 unspecified atom stereocenters. The summed E-state index contributed by atoms with van der Waals surface area (Å²) in [6, 6.07) is 13.8. The van der Waals surface area contributed by atoms with E-state index < -0.39 is 23.3 Å². The van der Waals surface area contributed by atoms with E-state index in [-0.39, 0.29) is 23.8 Å². The molecule has 2 amide bonds. The van der Waals surface area contributed by atoms with Crippen LogP contribution in [0.3, 0.4) is 0 Å². The van der Waals surface area contributed by atoms with Crippen LogP contribution in [0.15, 0.2) is 53.3 Å². The van der Waals surface area contributed by atoms with Crippen LogP contribution in [0, 0.1) is 0 Å². The molecule has 0 aliphatic carbocycles. The van der Waals surface area contributed by atoms with Gasteiger partial charge in [-0.1, -0.05) is 29.8 Å². The quantitative estimate of drug-likeness (QED) is 0.451. The van der Waals surface area contributed by atoms with Gasteiger partial charge in [-0.25, -0.2) is 0 Å². The van der Waals surface area contributed by atoms with E-state index in [2.05, 4.69) is 25.9 Å². The number of hydrogen-bond donors (Lipinski definition) is 4. The normalized spacial score (nSPS) is 14.8. The number of halogens is 1. The molecule has 0 bridgehead atoms. The minimum atomic E-state index is -1.01. The zero-order chi connectivity index (χ0) is 22.7. The van der Waals surface area contributed by atoms with Crippen molar-refractivity contribution in [2.75, 3.05) is 22.6 Å². The summed E-state index contributed by atoms with van der Waals surface area (Å²) >= 11 is 5.99. The summed E-state index contributed by atoms with van der Waals surface area (Å²) in [7, 11) is 0. The molecule has 1 aliphatic heterocycles. The maximum Gasteiger partial charge on any atom is 0.258 e. The van der Waals surface area contributed by atoms with Crippen molar-refractivity contribution >= 4 is 46.6 Å². The van der Waals surface area contributed by atoms with Gasteiger partial charge in [-0.05, 0) is 37.3 Å². The number of hydrogen-bond acceptors (Lipinski definition) is 6. The van der Waals surface area contributed by atoms with E-state index in [9.17, 15) is 14.4 Å². The molecule has 32 heavy (non-hydrogen) atoms. The molecular formula is C22H20ClN5O4. The van der Waals surface area contributed by atoms with E-state index in [0.29, 0.717) is 28.8 Å². The van der Waals surface area contributed by atoms with Crippen molar-refractivity contribution in [2.24, 2.45) is 0 Å². The summed E-state index contributed by atoms with van der Waals surface area (Å²) < 4.78 is 5.53. The summed E-state index contributed by atoms with van der Waals surface area (Å²) in [6.45, 7) is 2.26. The Balaban J connectivity index is 1.63. The fraction of sp³-hybridized carbons (Fsp3) is 0.182. The zero-order valence-electron chi connectivity index (χ0n) is 17.1. The molecule has 9 nitrogen and oxygen atoms in total. The number of ether oxygens (including phenoxy) is 1. The Morgan fingerprint density at radius 2 is 2.03 bits per heavy atom. The fourth-order valence-corrected chi connectivity index (χ4v) is 3.62. The number of benzene rings is 2. The number of nitrogens with zero attached hydrogens (tertiary/aromatic N) is 1. The average Bonchev–Trinajstić information content (AvgIpc) is 2.74. The van der Waals surface area contributed by atoms with Crippen molar-refractivity contribution in [1.82, 2.24) is 9.97 Å². The van der Waals surface area contributed by atoms with Crippen molar-refractivity contribution in [3.63, 3.8) is 0 Å². The molecule has 0 saturated heterocycles. The molecule has 2 aromatic carbocycles. The van der Waals surface area contributed by atoms with E-state index in [1.807, 2.05) is 6.92 Å². The first-order valence-electron chi connectivity index (χ1n) is 9.94. The number of carbonyl (C=O) groups is 2. The van der Waals surface area contributed by atoms with Gasteiger partial charge in [0.25, 0.3) is 5.56 Å². The van der Waals surface area contributed by atoms with E-state index in [4.69, 9.17) is 16.3 Å². The lowest BCUT2D eigenvalue weighted by molar-refractivity contribution is -0.123. The largest absolute Gasteiger partial charge is 0.492 e. The lowest BCUT2D eigenvalue weighted by Gasteiger charge is -2.24. The maximum atomic E-state index is 13.0. The third-order valence-electron chi connectivity index (χ3n) is 4.80. The van der Waals surface area contributed by atoms with Gasteiger partial charge in [0.2, 0.25) is 17.8 Å². The standard InChI is InChI=1S/C22H20ClN5O4/c1-2-32-16-9-4-3-8-15(16)25-20(30)14-11-17(29)26-19-18(14)21(31)28-22(27-19)24-13-7-5-6-12(23)10-13/h3-10,14H,2,11H2,1H3,(H,25,30)(H3,24,26,27,28,29,31)/t14-/m1/s1. The van der Waals surface area contributed by atoms with E-state index in [0.717, 1.165) is 0 Å². The van der Waals surface area contributed by atoms with Gasteiger partial charge in [0.15, 0.2) is 0 Å². The smallest absolute Gasteiger partial charge is 0.258 e. The van der Waals surface area contributed by atoms with Crippen LogP contribution in [0.5, 0.6) is 5.75 Å². The number of carbonyl (C=O) groups excluding carboxylic acids is 2. The van der Waals surface area contributed by atoms with Crippen LogP contribution in [0.1, 0.15) is 24.8 Å². The number of aromatic amines is 1. The summed E-state index contributed by atoms with van der Waals surface area (Å²) in [5, 5.41) is 8.78. The first kappa shape index (κ1) is 21.4. The molecule has 10 heteroatoms. The summed E-state index contributed by atoms with van der Waals surface area (Å²) in [6.07, 6.45) is -0.179. The first-order valence-corrected chi connectivity index (χ1v) is 10.3. The summed E-state index contributed by atoms with van der Waals surface area (Å²) in [5.74, 6) is -1.28. The predicted molar refractivity (Wildman–Crippen MR) is 122 cm³/mol. The molecule has 1 atom stereocenters. The number of amides is 2. The number of fused-ring (bicyclic) bond motifs is 1. The van der Waals surface area contributed by atoms with Gasteiger partial charge in [-0.2, -0.15) is 4.98 Å². The Labute approximate surface area is 188 Å². The fourth-order valence-electron chi connectivity index (χ4n) is 3.43. The highest BCUT2D eigenvalue weighted by Gasteiger charge is 2.35. The lowest BCUT2D eigenvalue weighted by atomic mass is 9.92. The van der Waals surface area contributed by atoms with Crippen molar-refractivity contribution in [3.8, 4) is 5.75 Å². The van der Waals surface area contributed by atoms with Crippen LogP contribution in [0.2, 0.25) is 5.02 Å². The van der Waals surface area contributed by atoms with Crippen molar-refractivity contribution in [2.45, 2.75) is 19.3 Å². The highest BCUT2D eigenvalue weighted by atomic mass is 35.5. The Morgan fingerprint density at radius 1 is 1.22 bits per heavy atom. The van der Waals surface area contributed by atoms with Crippen LogP contribution in [-0.4, -0.2) is 28.4 Å². The van der Waals surface area contributed by atoms with Gasteiger partial charge in [0.1, 0.15) is 11.6 Å². The molecule has 1 aliphatic rings. The number of H-pyrrole nitrogens is 1. The van der Waals surface area contributed by atoms with Crippen LogP contribution in [0.25, 0.3) is 0 Å². The van der Waals surface area contributed by atoms with Gasteiger partial charge in [-0.15, -0.1) is 0 Å². The second kappa shape index (κ2) is 9.11. The lowest BCUT2D eigenvalue weighted by Crippen LogP contribution is -2.36. The van der Waals surface area contributed by atoms with Gasteiger partial charge >= 0.3 is 0 Å². The molecule has 2 heterocycles. The van der Waals surface area contributed by atoms with Crippen LogP contribution in [-0.2, 0) is 9.59 Å². The van der Waals surface area contributed by atoms with Crippen molar-refractivity contribution < 1.29 is 14.3 Å². The zero-order valence-corrected chi connectivity index (χ0v) is 17.8. The SMILES string of the molecule is CCOc1ccccc1NC(=O)[C@@H]1CC(=O)Nc2nc(Nc3cccc(Cl)c3)[nH]c(=O)c21. The van der Waals surface area contributed by atoms with E-state index in [1.165, 1.54) is 0 Å². The topological polar surface area (TPSA) is 125 Å². The third-order valence-corrected chi connectivity index (χ3v) is 5.03. The average molecular weight is 454 g/mol. The van der Waals surface area contributed by atoms with Crippen molar-refractivity contribution in [1.29, 1.82) is 0 Å². The molecule has 0 spiro atoms. The molecule has 4 rings (SSSR count).